The summed E-state index contributed by atoms with van der Waals surface area (Å²) >= 11 is 3.49. The van der Waals surface area contributed by atoms with Gasteiger partial charge >= 0.3 is 0 Å². The summed E-state index contributed by atoms with van der Waals surface area (Å²) in [5.41, 5.74) is 3.56. The van der Waals surface area contributed by atoms with Gasteiger partial charge in [0.1, 0.15) is 23.9 Å². The Morgan fingerprint density at radius 2 is 1.94 bits per heavy atom. The van der Waals surface area contributed by atoms with Crippen molar-refractivity contribution in [3.63, 3.8) is 0 Å². The van der Waals surface area contributed by atoms with Crippen LogP contribution in [0, 0.1) is 17.0 Å². The fourth-order valence-corrected chi connectivity index (χ4v) is 4.38. The molecule has 8 nitrogen and oxygen atoms in total. The molecule has 2 aliphatic rings. The minimum Gasteiger partial charge on any atom is -0.488 e. The van der Waals surface area contributed by atoms with Gasteiger partial charge in [0.05, 0.1) is 17.1 Å². The van der Waals surface area contributed by atoms with E-state index < -0.39 is 4.92 Å². The van der Waals surface area contributed by atoms with E-state index in [1.165, 1.54) is 12.1 Å². The van der Waals surface area contributed by atoms with Crippen LogP contribution >= 0.6 is 15.9 Å². The third kappa shape index (κ3) is 4.15. The van der Waals surface area contributed by atoms with E-state index in [1.807, 2.05) is 19.1 Å². The lowest BCUT2D eigenvalue weighted by Gasteiger charge is -2.20. The number of benzene rings is 3. The first kappa shape index (κ1) is 22.1. The molecule has 0 radical (unpaired) electrons. The van der Waals surface area contributed by atoms with Crippen molar-refractivity contribution in [2.75, 3.05) is 6.79 Å². The SMILES string of the molecule is Cc1c(OCc2ccc([N+](=O)[O-])cc2)ccc2c1O/C(=C\c1cc(Br)cc3c1OCOC3)C2=O. The summed E-state index contributed by atoms with van der Waals surface area (Å²) in [6, 6.07) is 13.3. The van der Waals surface area contributed by atoms with E-state index in [1.54, 1.807) is 30.3 Å². The van der Waals surface area contributed by atoms with Gasteiger partial charge in [-0.15, -0.1) is 0 Å². The average Bonchev–Trinajstić information content (AvgIpc) is 3.15. The van der Waals surface area contributed by atoms with Crippen molar-refractivity contribution in [1.29, 1.82) is 0 Å². The van der Waals surface area contributed by atoms with Gasteiger partial charge in [0, 0.05) is 33.3 Å². The molecule has 0 bridgehead atoms. The molecule has 2 heterocycles. The number of rotatable bonds is 5. The number of ketones is 1. The molecule has 0 saturated carbocycles. The van der Waals surface area contributed by atoms with Crippen molar-refractivity contribution >= 4 is 33.5 Å². The summed E-state index contributed by atoms with van der Waals surface area (Å²) in [6.45, 7) is 2.61. The number of ether oxygens (including phenoxy) is 4. The molecule has 34 heavy (non-hydrogen) atoms. The van der Waals surface area contributed by atoms with Gasteiger partial charge in [-0.25, -0.2) is 0 Å². The van der Waals surface area contributed by atoms with Gasteiger partial charge in [0.25, 0.3) is 5.69 Å². The number of carbonyl (C=O) groups excluding carboxylic acids is 1. The van der Waals surface area contributed by atoms with Crippen LogP contribution in [0.15, 0.2) is 58.8 Å². The number of allylic oxidation sites excluding steroid dienone is 1. The summed E-state index contributed by atoms with van der Waals surface area (Å²) in [4.78, 5) is 23.4. The van der Waals surface area contributed by atoms with E-state index in [4.69, 9.17) is 18.9 Å². The van der Waals surface area contributed by atoms with E-state index in [9.17, 15) is 14.9 Å². The van der Waals surface area contributed by atoms with Crippen LogP contribution in [0.5, 0.6) is 17.2 Å². The van der Waals surface area contributed by atoms with Gasteiger partial charge in [-0.05, 0) is 55.0 Å². The maximum Gasteiger partial charge on any atom is 0.269 e. The van der Waals surface area contributed by atoms with Crippen LogP contribution in [0.1, 0.15) is 32.6 Å². The number of nitro groups is 1. The standard InChI is InChI=1S/C25H18BrNO7/c1-14-21(32-11-15-2-4-19(5-3-15)27(29)30)7-6-20-23(28)22(34-24(14)20)10-16-8-18(26)9-17-12-31-13-33-25(16)17/h2-10H,11-13H2,1H3/b22-10-. The van der Waals surface area contributed by atoms with Crippen LogP contribution in [0.2, 0.25) is 0 Å². The largest absolute Gasteiger partial charge is 0.488 e. The van der Waals surface area contributed by atoms with E-state index >= 15 is 0 Å². The van der Waals surface area contributed by atoms with Crippen LogP contribution in [-0.2, 0) is 18.0 Å². The molecule has 5 rings (SSSR count). The van der Waals surface area contributed by atoms with Crippen molar-refractivity contribution in [2.45, 2.75) is 20.1 Å². The average molecular weight is 524 g/mol. The third-order valence-electron chi connectivity index (χ3n) is 5.57. The highest BCUT2D eigenvalue weighted by Gasteiger charge is 2.31. The molecule has 0 atom stereocenters. The fraction of sp³-hybridized carbons (Fsp3) is 0.160. The number of non-ortho nitro benzene ring substituents is 1. The molecule has 0 unspecified atom stereocenters. The van der Waals surface area contributed by atoms with Gasteiger partial charge < -0.3 is 18.9 Å². The number of carbonyl (C=O) groups is 1. The highest BCUT2D eigenvalue weighted by molar-refractivity contribution is 9.10. The van der Waals surface area contributed by atoms with Crippen LogP contribution < -0.4 is 14.2 Å². The molecular formula is C25H18BrNO7. The summed E-state index contributed by atoms with van der Waals surface area (Å²) in [5.74, 6) is 1.65. The molecule has 0 aromatic heterocycles. The minimum absolute atomic E-state index is 0.0216. The number of fused-ring (bicyclic) bond motifs is 2. The second kappa shape index (κ2) is 8.92. The lowest BCUT2D eigenvalue weighted by Crippen LogP contribution is -2.12. The Morgan fingerprint density at radius 1 is 1.15 bits per heavy atom. The molecule has 3 aromatic rings. The Balaban J connectivity index is 1.38. The summed E-state index contributed by atoms with van der Waals surface area (Å²) < 4.78 is 23.7. The number of nitrogens with zero attached hydrogens (tertiary/aromatic N) is 1. The molecule has 0 amide bonds. The molecular weight excluding hydrogens is 506 g/mol. The smallest absolute Gasteiger partial charge is 0.269 e. The predicted molar refractivity (Wildman–Crippen MR) is 126 cm³/mol. The maximum atomic E-state index is 13.0. The van der Waals surface area contributed by atoms with Gasteiger partial charge in [0.15, 0.2) is 12.6 Å². The first-order valence-electron chi connectivity index (χ1n) is 10.4. The van der Waals surface area contributed by atoms with E-state index in [2.05, 4.69) is 15.9 Å². The molecule has 0 fully saturated rings. The second-order valence-corrected chi connectivity index (χ2v) is 8.73. The zero-order valence-corrected chi connectivity index (χ0v) is 19.6. The van der Waals surface area contributed by atoms with Crippen molar-refractivity contribution in [1.82, 2.24) is 0 Å². The molecule has 172 valence electrons. The van der Waals surface area contributed by atoms with E-state index in [-0.39, 0.29) is 30.6 Å². The normalized spacial score (nSPS) is 15.4. The number of nitro benzene ring substituents is 1. The molecule has 0 saturated heterocycles. The van der Waals surface area contributed by atoms with Crippen LogP contribution in [0.25, 0.3) is 6.08 Å². The van der Waals surface area contributed by atoms with E-state index in [0.29, 0.717) is 35.0 Å². The van der Waals surface area contributed by atoms with E-state index in [0.717, 1.165) is 21.2 Å². The zero-order valence-electron chi connectivity index (χ0n) is 18.0. The van der Waals surface area contributed by atoms with Crippen molar-refractivity contribution in [3.05, 3.63) is 96.7 Å². The zero-order chi connectivity index (χ0) is 23.8. The Bertz CT molecular complexity index is 1350. The van der Waals surface area contributed by atoms with Gasteiger partial charge in [-0.2, -0.15) is 0 Å². The third-order valence-corrected chi connectivity index (χ3v) is 6.03. The summed E-state index contributed by atoms with van der Waals surface area (Å²) in [6.07, 6.45) is 1.67. The first-order chi connectivity index (χ1) is 16.4. The van der Waals surface area contributed by atoms with Crippen molar-refractivity contribution < 1.29 is 28.7 Å². The topological polar surface area (TPSA) is 97.1 Å². The maximum absolute atomic E-state index is 13.0. The van der Waals surface area contributed by atoms with Crippen molar-refractivity contribution in [2.24, 2.45) is 0 Å². The Labute approximate surface area is 203 Å². The van der Waals surface area contributed by atoms with Crippen LogP contribution in [0.4, 0.5) is 5.69 Å². The summed E-state index contributed by atoms with van der Waals surface area (Å²) in [7, 11) is 0. The van der Waals surface area contributed by atoms with Gasteiger partial charge in [-0.3, -0.25) is 14.9 Å². The number of hydrogen-bond donors (Lipinski definition) is 0. The molecule has 0 spiro atoms. The highest BCUT2D eigenvalue weighted by atomic mass is 79.9. The van der Waals surface area contributed by atoms with Crippen molar-refractivity contribution in [3.8, 4) is 17.2 Å². The highest BCUT2D eigenvalue weighted by Crippen LogP contribution is 2.41. The summed E-state index contributed by atoms with van der Waals surface area (Å²) in [5, 5.41) is 10.8. The molecule has 2 aliphatic heterocycles. The fourth-order valence-electron chi connectivity index (χ4n) is 3.86. The van der Waals surface area contributed by atoms with Crippen LogP contribution in [0.3, 0.4) is 0 Å². The molecule has 0 N–H and O–H groups in total. The lowest BCUT2D eigenvalue weighted by atomic mass is 10.0. The lowest BCUT2D eigenvalue weighted by molar-refractivity contribution is -0.384. The number of halogens is 1. The second-order valence-electron chi connectivity index (χ2n) is 7.81. The monoisotopic (exact) mass is 523 g/mol. The van der Waals surface area contributed by atoms with Gasteiger partial charge in [0.2, 0.25) is 5.78 Å². The first-order valence-corrected chi connectivity index (χ1v) is 11.2. The molecule has 3 aromatic carbocycles. The Kier molecular flexibility index (Phi) is 5.80. The van der Waals surface area contributed by atoms with Crippen LogP contribution in [-0.4, -0.2) is 17.5 Å². The molecule has 9 heteroatoms. The number of hydrogen-bond acceptors (Lipinski definition) is 7. The minimum atomic E-state index is -0.446. The Morgan fingerprint density at radius 3 is 2.71 bits per heavy atom. The predicted octanol–water partition coefficient (Wildman–Crippen LogP) is 5.73. The Hall–Kier alpha value is -3.69. The number of Topliss-reactive ketones (excluding diaryl/α,β-unsaturated/α-hetero) is 1. The quantitative estimate of drug-likeness (QED) is 0.239. The molecule has 0 aliphatic carbocycles. The van der Waals surface area contributed by atoms with Gasteiger partial charge in [-0.1, -0.05) is 15.9 Å².